The second-order valence-corrected chi connectivity index (χ2v) is 8.21. The van der Waals surface area contributed by atoms with Gasteiger partial charge in [0.25, 0.3) is 0 Å². The second-order valence-electron chi connectivity index (χ2n) is 6.88. The van der Waals surface area contributed by atoms with Crippen LogP contribution in [0.4, 0.5) is 17.2 Å². The van der Waals surface area contributed by atoms with Gasteiger partial charge in [-0.1, -0.05) is 17.3 Å². The monoisotopic (exact) mass is 402 g/mol. The molecule has 28 heavy (non-hydrogen) atoms. The quantitative estimate of drug-likeness (QED) is 0.735. The number of hydrogen-bond acceptors (Lipinski definition) is 6. The fourth-order valence-corrected chi connectivity index (χ4v) is 3.79. The molecule has 2 amide bonds. The molecule has 0 unspecified atom stereocenters. The lowest BCUT2D eigenvalue weighted by molar-refractivity contribution is -0.115. The van der Waals surface area contributed by atoms with Gasteiger partial charge in [0.2, 0.25) is 11.8 Å². The van der Waals surface area contributed by atoms with Crippen LogP contribution in [0.3, 0.4) is 0 Å². The van der Waals surface area contributed by atoms with Crippen molar-refractivity contribution in [2.24, 2.45) is 0 Å². The highest BCUT2D eigenvalue weighted by molar-refractivity contribution is 8.01. The minimum Gasteiger partial charge on any atom is -0.370 e. The molecule has 0 spiro atoms. The highest BCUT2D eigenvalue weighted by atomic mass is 32.2. The van der Waals surface area contributed by atoms with Crippen molar-refractivity contribution in [2.45, 2.75) is 38.4 Å². The zero-order valence-electron chi connectivity index (χ0n) is 16.2. The van der Waals surface area contributed by atoms with E-state index in [0.29, 0.717) is 11.6 Å². The Kier molecular flexibility index (Phi) is 6.97. The molecule has 8 heteroatoms. The zero-order chi connectivity index (χ0) is 19.9. The van der Waals surface area contributed by atoms with E-state index in [0.717, 1.165) is 24.5 Å². The van der Waals surface area contributed by atoms with E-state index in [9.17, 15) is 9.59 Å². The first kappa shape index (κ1) is 20.3. The van der Waals surface area contributed by atoms with Gasteiger partial charge in [-0.25, -0.2) is 0 Å². The Hall–Kier alpha value is -2.48. The van der Waals surface area contributed by atoms with Gasteiger partial charge in [-0.15, -0.1) is 11.8 Å². The summed E-state index contributed by atoms with van der Waals surface area (Å²) in [6.07, 6.45) is 3.61. The van der Waals surface area contributed by atoms with Crippen molar-refractivity contribution in [1.29, 1.82) is 0 Å². The molecule has 1 fully saturated rings. The minimum absolute atomic E-state index is 0.119. The molecule has 1 aliphatic rings. The van der Waals surface area contributed by atoms with E-state index in [4.69, 9.17) is 4.52 Å². The summed E-state index contributed by atoms with van der Waals surface area (Å²) in [6, 6.07) is 9.54. The molecule has 1 saturated heterocycles. The van der Waals surface area contributed by atoms with Crippen LogP contribution < -0.4 is 15.5 Å². The Bertz CT molecular complexity index is 817. The van der Waals surface area contributed by atoms with E-state index in [1.165, 1.54) is 31.0 Å². The van der Waals surface area contributed by atoms with Gasteiger partial charge < -0.3 is 20.1 Å². The van der Waals surface area contributed by atoms with Gasteiger partial charge in [0.15, 0.2) is 5.82 Å². The number of amides is 2. The molecule has 1 atom stereocenters. The Morgan fingerprint density at radius 3 is 2.68 bits per heavy atom. The van der Waals surface area contributed by atoms with Gasteiger partial charge in [-0.3, -0.25) is 9.59 Å². The standard InChI is InChI=1S/C20H26N4O3S/c1-14-12-18(23-27-14)22-20(26)15(2)28-13-19(25)21-16-8-4-5-9-17(16)24-10-6-3-7-11-24/h4-5,8-9,12,15H,3,6-7,10-11,13H2,1-2H3,(H,21,25)(H,22,23,26)/t15-/m1/s1. The highest BCUT2D eigenvalue weighted by Gasteiger charge is 2.18. The lowest BCUT2D eigenvalue weighted by Crippen LogP contribution is -2.30. The topological polar surface area (TPSA) is 87.5 Å². The summed E-state index contributed by atoms with van der Waals surface area (Å²) in [7, 11) is 0. The van der Waals surface area contributed by atoms with E-state index >= 15 is 0 Å². The summed E-state index contributed by atoms with van der Waals surface area (Å²) in [5.74, 6) is 0.879. The van der Waals surface area contributed by atoms with Crippen LogP contribution in [0.25, 0.3) is 0 Å². The molecule has 3 rings (SSSR count). The summed E-state index contributed by atoms with van der Waals surface area (Å²) in [6.45, 7) is 5.55. The predicted octanol–water partition coefficient (Wildman–Crippen LogP) is 3.67. The predicted molar refractivity (Wildman–Crippen MR) is 113 cm³/mol. The van der Waals surface area contributed by atoms with Crippen molar-refractivity contribution in [3.8, 4) is 0 Å². The zero-order valence-corrected chi connectivity index (χ0v) is 17.1. The molecule has 1 aromatic heterocycles. The summed E-state index contributed by atoms with van der Waals surface area (Å²) < 4.78 is 4.93. The first-order valence-corrected chi connectivity index (χ1v) is 10.6. The minimum atomic E-state index is -0.389. The summed E-state index contributed by atoms with van der Waals surface area (Å²) in [5.41, 5.74) is 1.89. The molecule has 0 aliphatic carbocycles. The van der Waals surface area contributed by atoms with Gasteiger partial charge in [-0.2, -0.15) is 0 Å². The van der Waals surface area contributed by atoms with Crippen LogP contribution in [-0.4, -0.2) is 41.1 Å². The number of benzene rings is 1. The van der Waals surface area contributed by atoms with E-state index in [1.54, 1.807) is 19.9 Å². The van der Waals surface area contributed by atoms with Crippen molar-refractivity contribution >= 4 is 40.8 Å². The number of hydrogen-bond donors (Lipinski definition) is 2. The average Bonchev–Trinajstić information content (AvgIpc) is 3.11. The summed E-state index contributed by atoms with van der Waals surface area (Å²) >= 11 is 1.28. The maximum Gasteiger partial charge on any atom is 0.238 e. The van der Waals surface area contributed by atoms with E-state index in [1.807, 2.05) is 24.3 Å². The third-order valence-corrected chi connectivity index (χ3v) is 5.73. The number of carbonyl (C=O) groups is 2. The number of rotatable bonds is 7. The Morgan fingerprint density at radius 1 is 1.21 bits per heavy atom. The van der Waals surface area contributed by atoms with Crippen molar-refractivity contribution < 1.29 is 14.1 Å². The molecule has 0 saturated carbocycles. The number of aromatic nitrogens is 1. The molecular formula is C20H26N4O3S. The van der Waals surface area contributed by atoms with Gasteiger partial charge in [0, 0.05) is 19.2 Å². The van der Waals surface area contributed by atoms with E-state index in [2.05, 4.69) is 20.7 Å². The van der Waals surface area contributed by atoms with Gasteiger partial charge >= 0.3 is 0 Å². The molecule has 2 N–H and O–H groups in total. The maximum atomic E-state index is 12.4. The first-order valence-electron chi connectivity index (χ1n) is 9.52. The molecule has 2 heterocycles. The largest absolute Gasteiger partial charge is 0.370 e. The van der Waals surface area contributed by atoms with Crippen molar-refractivity contribution in [1.82, 2.24) is 5.16 Å². The molecule has 2 aromatic rings. The van der Waals surface area contributed by atoms with Crippen LogP contribution in [0.2, 0.25) is 0 Å². The van der Waals surface area contributed by atoms with Crippen LogP contribution in [0.1, 0.15) is 31.9 Å². The molecule has 150 valence electrons. The van der Waals surface area contributed by atoms with Crippen LogP contribution >= 0.6 is 11.8 Å². The van der Waals surface area contributed by atoms with Gasteiger partial charge in [0.1, 0.15) is 5.76 Å². The smallest absolute Gasteiger partial charge is 0.238 e. The second kappa shape index (κ2) is 9.64. The number of anilines is 3. The molecule has 0 bridgehead atoms. The lowest BCUT2D eigenvalue weighted by Gasteiger charge is -2.30. The van der Waals surface area contributed by atoms with Crippen LogP contribution in [0.5, 0.6) is 0 Å². The SMILES string of the molecule is Cc1cc(NC(=O)[C@@H](C)SCC(=O)Nc2ccccc2N2CCCCC2)no1. The van der Waals surface area contributed by atoms with Crippen LogP contribution in [0.15, 0.2) is 34.9 Å². The molecular weight excluding hydrogens is 376 g/mol. The number of nitrogens with one attached hydrogen (secondary N) is 2. The van der Waals surface area contributed by atoms with Crippen LogP contribution in [0, 0.1) is 6.92 Å². The molecule has 0 radical (unpaired) electrons. The first-order chi connectivity index (χ1) is 13.5. The Balaban J connectivity index is 1.51. The molecule has 1 aromatic carbocycles. The maximum absolute atomic E-state index is 12.4. The summed E-state index contributed by atoms with van der Waals surface area (Å²) in [5, 5.41) is 9.03. The van der Waals surface area contributed by atoms with E-state index < -0.39 is 0 Å². The third kappa shape index (κ3) is 5.51. The average molecular weight is 403 g/mol. The number of aryl methyl sites for hydroxylation is 1. The fourth-order valence-electron chi connectivity index (χ4n) is 3.11. The van der Waals surface area contributed by atoms with Crippen LogP contribution in [-0.2, 0) is 9.59 Å². The van der Waals surface area contributed by atoms with Crippen molar-refractivity contribution in [2.75, 3.05) is 34.4 Å². The number of para-hydroxylation sites is 2. The number of thioether (sulfide) groups is 1. The number of carbonyl (C=O) groups excluding carboxylic acids is 2. The van der Waals surface area contributed by atoms with Gasteiger partial charge in [0.05, 0.1) is 22.4 Å². The number of piperidine rings is 1. The molecule has 1 aliphatic heterocycles. The molecule has 7 nitrogen and oxygen atoms in total. The van der Waals surface area contributed by atoms with Crippen molar-refractivity contribution in [3.63, 3.8) is 0 Å². The summed E-state index contributed by atoms with van der Waals surface area (Å²) in [4.78, 5) is 26.9. The van der Waals surface area contributed by atoms with Crippen molar-refractivity contribution in [3.05, 3.63) is 36.1 Å². The number of nitrogens with zero attached hydrogens (tertiary/aromatic N) is 2. The fraction of sp³-hybridized carbons (Fsp3) is 0.450. The third-order valence-electron chi connectivity index (χ3n) is 4.59. The Labute approximate surface area is 169 Å². The Morgan fingerprint density at radius 2 is 1.96 bits per heavy atom. The van der Waals surface area contributed by atoms with E-state index in [-0.39, 0.29) is 22.8 Å². The van der Waals surface area contributed by atoms with Gasteiger partial charge in [-0.05, 0) is 45.2 Å². The lowest BCUT2D eigenvalue weighted by atomic mass is 10.1. The normalized spacial score (nSPS) is 15.1. The highest BCUT2D eigenvalue weighted by Crippen LogP contribution is 2.28.